The molecule has 0 saturated heterocycles. The molecule has 6 heteroatoms. The first kappa shape index (κ1) is 21.2. The maximum absolute atomic E-state index is 13.6. The lowest BCUT2D eigenvalue weighted by atomic mass is 9.96. The highest BCUT2D eigenvalue weighted by Gasteiger charge is 2.23. The van der Waals surface area contributed by atoms with Gasteiger partial charge in [0.2, 0.25) is 10.0 Å². The van der Waals surface area contributed by atoms with Crippen LogP contribution in [0.5, 0.6) is 0 Å². The maximum Gasteiger partial charge on any atom is 0.241 e. The molecule has 3 rings (SSSR count). The first-order valence-electron chi connectivity index (χ1n) is 9.03. The first-order chi connectivity index (χ1) is 13.8. The third-order valence-electron chi connectivity index (χ3n) is 4.61. The van der Waals surface area contributed by atoms with Gasteiger partial charge < -0.3 is 0 Å². The Morgan fingerprint density at radius 2 is 1.72 bits per heavy atom. The molecule has 0 amide bonds. The molecule has 1 N–H and O–H groups in total. The quantitative estimate of drug-likeness (QED) is 0.507. The van der Waals surface area contributed by atoms with Gasteiger partial charge in [0, 0.05) is 0 Å². The molecule has 0 aliphatic rings. The van der Waals surface area contributed by atoms with Gasteiger partial charge in [0.25, 0.3) is 0 Å². The van der Waals surface area contributed by atoms with E-state index >= 15 is 0 Å². The Balaban J connectivity index is 1.94. The van der Waals surface area contributed by atoms with Gasteiger partial charge in [0.15, 0.2) is 0 Å². The monoisotopic (exact) mass is 429 g/mol. The average Bonchev–Trinajstić information content (AvgIpc) is 2.70. The van der Waals surface area contributed by atoms with E-state index in [1.54, 1.807) is 24.3 Å². The third kappa shape index (κ3) is 5.32. The third-order valence-corrected chi connectivity index (χ3v) is 6.38. The van der Waals surface area contributed by atoms with Crippen LogP contribution in [0.3, 0.4) is 0 Å². The van der Waals surface area contributed by atoms with E-state index in [2.05, 4.69) is 11.3 Å². The van der Waals surface area contributed by atoms with Crippen molar-refractivity contribution in [2.75, 3.05) is 0 Å². The summed E-state index contributed by atoms with van der Waals surface area (Å²) in [7, 11) is -3.80. The number of benzene rings is 3. The predicted molar refractivity (Wildman–Crippen MR) is 116 cm³/mol. The van der Waals surface area contributed by atoms with Crippen molar-refractivity contribution in [1.29, 1.82) is 0 Å². The summed E-state index contributed by atoms with van der Waals surface area (Å²) in [4.78, 5) is 0.159. The molecule has 1 atom stereocenters. The molecule has 0 fully saturated rings. The van der Waals surface area contributed by atoms with Crippen molar-refractivity contribution < 1.29 is 12.8 Å². The summed E-state index contributed by atoms with van der Waals surface area (Å²) < 4.78 is 42.3. The van der Waals surface area contributed by atoms with E-state index in [9.17, 15) is 12.8 Å². The molecule has 0 spiro atoms. The van der Waals surface area contributed by atoms with E-state index in [0.717, 1.165) is 16.7 Å². The van der Waals surface area contributed by atoms with E-state index in [1.807, 2.05) is 37.3 Å². The molecule has 29 heavy (non-hydrogen) atoms. The van der Waals surface area contributed by atoms with Crippen molar-refractivity contribution >= 4 is 27.2 Å². The highest BCUT2D eigenvalue weighted by Crippen LogP contribution is 2.30. The molecule has 150 valence electrons. The normalized spacial score (nSPS) is 12.5. The fraction of sp³-hybridized carbons (Fsp3) is 0.130. The van der Waals surface area contributed by atoms with Gasteiger partial charge in [0.05, 0.1) is 16.0 Å². The van der Waals surface area contributed by atoms with Gasteiger partial charge in [-0.1, -0.05) is 72.3 Å². The van der Waals surface area contributed by atoms with Gasteiger partial charge in [-0.15, -0.1) is 0 Å². The first-order valence-corrected chi connectivity index (χ1v) is 10.9. The number of rotatable bonds is 7. The van der Waals surface area contributed by atoms with Gasteiger partial charge >= 0.3 is 0 Å². The fourth-order valence-electron chi connectivity index (χ4n) is 2.97. The van der Waals surface area contributed by atoms with Crippen LogP contribution in [0.4, 0.5) is 4.39 Å². The summed E-state index contributed by atoms with van der Waals surface area (Å²) in [6.45, 7) is 5.99. The zero-order valence-electron chi connectivity index (χ0n) is 15.9. The summed E-state index contributed by atoms with van der Waals surface area (Å²) in [5.41, 5.74) is 3.18. The summed E-state index contributed by atoms with van der Waals surface area (Å²) in [5, 5.41) is -0.0626. The minimum atomic E-state index is -3.80. The van der Waals surface area contributed by atoms with Crippen molar-refractivity contribution in [2.45, 2.75) is 24.3 Å². The number of hydrogen-bond donors (Lipinski definition) is 1. The Bertz CT molecular complexity index is 1110. The molecule has 0 bridgehead atoms. The Kier molecular flexibility index (Phi) is 6.52. The van der Waals surface area contributed by atoms with Gasteiger partial charge in [0.1, 0.15) is 5.82 Å². The zero-order chi connectivity index (χ0) is 21.0. The van der Waals surface area contributed by atoms with Gasteiger partial charge in [-0.3, -0.25) is 0 Å². The maximum atomic E-state index is 13.6. The van der Waals surface area contributed by atoms with Crippen LogP contribution in [0.1, 0.15) is 29.2 Å². The van der Waals surface area contributed by atoms with Crippen molar-refractivity contribution in [1.82, 2.24) is 4.72 Å². The Morgan fingerprint density at radius 1 is 1.07 bits per heavy atom. The highest BCUT2D eigenvalue weighted by molar-refractivity contribution is 7.89. The number of aryl methyl sites for hydroxylation is 1. The second-order valence-corrected chi connectivity index (χ2v) is 8.96. The van der Waals surface area contributed by atoms with E-state index < -0.39 is 21.9 Å². The van der Waals surface area contributed by atoms with Crippen molar-refractivity contribution in [3.8, 4) is 0 Å². The van der Waals surface area contributed by atoms with Gasteiger partial charge in [-0.25, -0.2) is 17.5 Å². The predicted octanol–water partition coefficient (Wildman–Crippen LogP) is 5.91. The van der Waals surface area contributed by atoms with Crippen molar-refractivity contribution in [3.63, 3.8) is 0 Å². The van der Waals surface area contributed by atoms with E-state index in [-0.39, 0.29) is 9.92 Å². The Hall–Kier alpha value is -2.47. The minimum Gasteiger partial charge on any atom is -0.207 e. The van der Waals surface area contributed by atoms with Crippen LogP contribution in [0.2, 0.25) is 5.02 Å². The Labute approximate surface area is 175 Å². The van der Waals surface area contributed by atoms with Gasteiger partial charge in [-0.2, -0.15) is 0 Å². The van der Waals surface area contributed by atoms with Crippen LogP contribution in [0.15, 0.2) is 84.3 Å². The smallest absolute Gasteiger partial charge is 0.207 e. The Morgan fingerprint density at radius 3 is 2.34 bits per heavy atom. The lowest BCUT2D eigenvalue weighted by Gasteiger charge is -2.21. The van der Waals surface area contributed by atoms with E-state index in [1.165, 1.54) is 18.2 Å². The molecule has 0 aliphatic carbocycles. The second-order valence-electron chi connectivity index (χ2n) is 6.83. The molecule has 0 heterocycles. The van der Waals surface area contributed by atoms with Crippen LogP contribution < -0.4 is 4.72 Å². The van der Waals surface area contributed by atoms with Gasteiger partial charge in [-0.05, 0) is 54.3 Å². The van der Waals surface area contributed by atoms with Crippen LogP contribution in [0, 0.1) is 12.7 Å². The summed E-state index contributed by atoms with van der Waals surface area (Å²) in [5.74, 6) is -0.558. The standard InChI is InChI=1S/C23H21ClFNO2S/c1-16-8-11-20(12-9-16)29(27,28)26-23(19-10-13-22(25)21(24)15-19)14-17(2)18-6-4-3-5-7-18/h3-13,15,23,26H,2,14H2,1H3. The molecule has 3 aromatic rings. The molecule has 0 aliphatic heterocycles. The summed E-state index contributed by atoms with van der Waals surface area (Å²) in [6, 6.07) is 19.6. The molecule has 0 saturated carbocycles. The molecule has 3 nitrogen and oxygen atoms in total. The number of nitrogens with one attached hydrogen (secondary N) is 1. The largest absolute Gasteiger partial charge is 0.241 e. The van der Waals surface area contributed by atoms with Crippen molar-refractivity contribution in [2.24, 2.45) is 0 Å². The van der Waals surface area contributed by atoms with Crippen LogP contribution in [0.25, 0.3) is 5.57 Å². The lowest BCUT2D eigenvalue weighted by Crippen LogP contribution is -2.29. The van der Waals surface area contributed by atoms with E-state index in [4.69, 9.17) is 11.6 Å². The fourth-order valence-corrected chi connectivity index (χ4v) is 4.38. The lowest BCUT2D eigenvalue weighted by molar-refractivity contribution is 0.558. The highest BCUT2D eigenvalue weighted by atomic mass is 35.5. The average molecular weight is 430 g/mol. The SMILES string of the molecule is C=C(CC(NS(=O)(=O)c1ccc(C)cc1)c1ccc(F)c(Cl)c1)c1ccccc1. The molecule has 3 aromatic carbocycles. The molecule has 0 radical (unpaired) electrons. The number of sulfonamides is 1. The topological polar surface area (TPSA) is 46.2 Å². The molecule has 0 aromatic heterocycles. The molecular formula is C23H21ClFNO2S. The minimum absolute atomic E-state index is 0.0626. The molecule has 1 unspecified atom stereocenters. The summed E-state index contributed by atoms with van der Waals surface area (Å²) in [6.07, 6.45) is 0.303. The number of hydrogen-bond acceptors (Lipinski definition) is 2. The van der Waals surface area contributed by atoms with Crippen LogP contribution >= 0.6 is 11.6 Å². The zero-order valence-corrected chi connectivity index (χ0v) is 17.5. The number of halogens is 2. The summed E-state index contributed by atoms with van der Waals surface area (Å²) >= 11 is 5.94. The second kappa shape index (κ2) is 8.91. The van der Waals surface area contributed by atoms with Crippen molar-refractivity contribution in [3.05, 3.63) is 107 Å². The van der Waals surface area contributed by atoms with E-state index in [0.29, 0.717) is 12.0 Å². The van der Waals surface area contributed by atoms with Crippen LogP contribution in [-0.4, -0.2) is 8.42 Å². The molecular weight excluding hydrogens is 409 g/mol. The van der Waals surface area contributed by atoms with Crippen LogP contribution in [-0.2, 0) is 10.0 Å².